The molecule has 0 aliphatic carbocycles. The van der Waals surface area contributed by atoms with Gasteiger partial charge in [-0.15, -0.1) is 0 Å². The maximum atomic E-state index is 12.7. The molecule has 0 radical (unpaired) electrons. The van der Waals surface area contributed by atoms with Crippen molar-refractivity contribution in [2.24, 2.45) is 0 Å². The molecular weight excluding hydrogens is 350 g/mol. The minimum Gasteiger partial charge on any atom is -0.467 e. The summed E-state index contributed by atoms with van der Waals surface area (Å²) in [5.74, 6) is 0. The monoisotopic (exact) mass is 369 g/mol. The van der Waals surface area contributed by atoms with Gasteiger partial charge in [0, 0.05) is 0 Å². The van der Waals surface area contributed by atoms with Crippen LogP contribution in [0.25, 0.3) is 11.1 Å². The van der Waals surface area contributed by atoms with Gasteiger partial charge in [0.25, 0.3) is 10.0 Å². The van der Waals surface area contributed by atoms with E-state index in [1.54, 1.807) is 38.1 Å². The second-order valence-electron chi connectivity index (χ2n) is 5.75. The maximum absolute atomic E-state index is 12.7. The molecule has 3 rings (SSSR count). The van der Waals surface area contributed by atoms with Gasteiger partial charge in [-0.1, -0.05) is 42.5 Å². The van der Waals surface area contributed by atoms with Crippen LogP contribution >= 0.6 is 0 Å². The van der Waals surface area contributed by atoms with Crippen molar-refractivity contribution < 1.29 is 13.2 Å². The molecule has 0 unspecified atom stereocenters. The summed E-state index contributed by atoms with van der Waals surface area (Å²) in [4.78, 5) is 8.42. The van der Waals surface area contributed by atoms with E-state index in [4.69, 9.17) is 4.74 Å². The van der Waals surface area contributed by atoms with Gasteiger partial charge >= 0.3 is 6.01 Å². The van der Waals surface area contributed by atoms with Crippen molar-refractivity contribution in [3.8, 4) is 17.1 Å². The fourth-order valence-corrected chi connectivity index (χ4v) is 3.75. The van der Waals surface area contributed by atoms with E-state index >= 15 is 0 Å². The Morgan fingerprint density at radius 1 is 0.846 bits per heavy atom. The summed E-state index contributed by atoms with van der Waals surface area (Å²) in [7, 11) is -2.28. The Morgan fingerprint density at radius 3 is 1.92 bits per heavy atom. The van der Waals surface area contributed by atoms with Crippen LogP contribution in [0.4, 0.5) is 5.69 Å². The fourth-order valence-electron chi connectivity index (χ4n) is 2.57. The van der Waals surface area contributed by atoms with E-state index in [0.29, 0.717) is 17.1 Å². The topological polar surface area (TPSA) is 81.2 Å². The molecule has 7 heteroatoms. The first-order chi connectivity index (χ1) is 12.4. The molecule has 134 valence electrons. The van der Waals surface area contributed by atoms with Crippen LogP contribution in [0.2, 0.25) is 0 Å². The van der Waals surface area contributed by atoms with E-state index in [0.717, 1.165) is 11.1 Å². The highest BCUT2D eigenvalue weighted by Gasteiger charge is 2.18. The van der Waals surface area contributed by atoms with E-state index in [9.17, 15) is 8.42 Å². The lowest BCUT2D eigenvalue weighted by atomic mass is 10.1. The highest BCUT2D eigenvalue weighted by atomic mass is 32.2. The molecule has 0 atom stereocenters. The zero-order valence-corrected chi connectivity index (χ0v) is 15.5. The molecule has 1 N–H and O–H groups in total. The smallest absolute Gasteiger partial charge is 0.316 e. The van der Waals surface area contributed by atoms with Gasteiger partial charge in [0.15, 0.2) is 0 Å². The summed E-state index contributed by atoms with van der Waals surface area (Å²) >= 11 is 0. The number of methoxy groups -OCH3 is 1. The molecule has 0 amide bonds. The first-order valence-corrected chi connectivity index (χ1v) is 9.46. The summed E-state index contributed by atoms with van der Waals surface area (Å²) < 4.78 is 33.0. The molecule has 0 spiro atoms. The lowest BCUT2D eigenvalue weighted by Crippen LogP contribution is -2.16. The lowest BCUT2D eigenvalue weighted by molar-refractivity contribution is 0.378. The highest BCUT2D eigenvalue weighted by molar-refractivity contribution is 7.92. The standard InChI is InChI=1S/C19H19N3O3S/c1-13-18(14(2)21-19(20-13)25-3)22-26(23,24)17-11-9-16(10-12-17)15-7-5-4-6-8-15/h4-12,22H,1-3H3. The first kappa shape index (κ1) is 17.9. The van der Waals surface area contributed by atoms with Gasteiger partial charge in [-0.2, -0.15) is 9.97 Å². The van der Waals surface area contributed by atoms with Crippen LogP contribution in [0.15, 0.2) is 59.5 Å². The van der Waals surface area contributed by atoms with Gasteiger partial charge in [-0.25, -0.2) is 8.42 Å². The average molecular weight is 369 g/mol. The molecule has 0 saturated carbocycles. The minimum atomic E-state index is -3.75. The zero-order valence-electron chi connectivity index (χ0n) is 14.7. The number of ether oxygens (including phenoxy) is 1. The quantitative estimate of drug-likeness (QED) is 0.743. The number of aryl methyl sites for hydroxylation is 2. The molecule has 26 heavy (non-hydrogen) atoms. The number of sulfonamides is 1. The number of nitrogens with zero attached hydrogens (tertiary/aromatic N) is 2. The summed E-state index contributed by atoms with van der Waals surface area (Å²) in [5, 5.41) is 0. The van der Waals surface area contributed by atoms with E-state index < -0.39 is 10.0 Å². The Labute approximate surface area is 153 Å². The second kappa shape index (κ2) is 7.13. The van der Waals surface area contributed by atoms with Gasteiger partial charge in [0.2, 0.25) is 0 Å². The lowest BCUT2D eigenvalue weighted by Gasteiger charge is -2.13. The number of aromatic nitrogens is 2. The molecule has 0 saturated heterocycles. The molecule has 3 aromatic rings. The SMILES string of the molecule is COc1nc(C)c(NS(=O)(=O)c2ccc(-c3ccccc3)cc2)c(C)n1. The molecular formula is C19H19N3O3S. The van der Waals surface area contributed by atoms with Crippen molar-refractivity contribution >= 4 is 15.7 Å². The summed E-state index contributed by atoms with van der Waals surface area (Å²) in [5.41, 5.74) is 3.33. The maximum Gasteiger partial charge on any atom is 0.316 e. The first-order valence-electron chi connectivity index (χ1n) is 7.98. The van der Waals surface area contributed by atoms with Gasteiger partial charge in [0.05, 0.1) is 29.1 Å². The summed E-state index contributed by atoms with van der Waals surface area (Å²) in [6, 6.07) is 16.7. The van der Waals surface area contributed by atoms with Crippen molar-refractivity contribution in [3.63, 3.8) is 0 Å². The predicted octanol–water partition coefficient (Wildman–Crippen LogP) is 3.57. The van der Waals surface area contributed by atoms with Crippen molar-refractivity contribution in [1.29, 1.82) is 0 Å². The molecule has 0 aliphatic heterocycles. The molecule has 0 aliphatic rings. The molecule has 1 aromatic heterocycles. The minimum absolute atomic E-state index is 0.173. The van der Waals surface area contributed by atoms with Crippen LogP contribution in [0, 0.1) is 13.8 Å². The number of anilines is 1. The third-order valence-electron chi connectivity index (χ3n) is 3.94. The number of rotatable bonds is 5. The number of nitrogens with one attached hydrogen (secondary N) is 1. The molecule has 6 nitrogen and oxygen atoms in total. The normalized spacial score (nSPS) is 11.2. The number of hydrogen-bond donors (Lipinski definition) is 1. The third kappa shape index (κ3) is 3.67. The molecule has 0 bridgehead atoms. The van der Waals surface area contributed by atoms with E-state index in [1.165, 1.54) is 7.11 Å². The highest BCUT2D eigenvalue weighted by Crippen LogP contribution is 2.25. The van der Waals surface area contributed by atoms with Crippen molar-refractivity contribution in [2.45, 2.75) is 18.7 Å². The van der Waals surface area contributed by atoms with Crippen LogP contribution in [0.5, 0.6) is 6.01 Å². The molecule has 0 fully saturated rings. The largest absolute Gasteiger partial charge is 0.467 e. The molecule has 1 heterocycles. The van der Waals surface area contributed by atoms with Crippen LogP contribution < -0.4 is 9.46 Å². The Morgan fingerprint density at radius 2 is 1.38 bits per heavy atom. The van der Waals surface area contributed by atoms with Crippen molar-refractivity contribution in [3.05, 3.63) is 66.0 Å². The van der Waals surface area contributed by atoms with E-state index in [2.05, 4.69) is 14.7 Å². The third-order valence-corrected chi connectivity index (χ3v) is 5.31. The van der Waals surface area contributed by atoms with Gasteiger partial charge in [-0.3, -0.25) is 4.72 Å². The molecule has 2 aromatic carbocycles. The fraction of sp³-hybridized carbons (Fsp3) is 0.158. The summed E-state index contributed by atoms with van der Waals surface area (Å²) in [6.07, 6.45) is 0. The van der Waals surface area contributed by atoms with Crippen molar-refractivity contribution in [1.82, 2.24) is 9.97 Å². The Kier molecular flexibility index (Phi) is 4.90. The van der Waals surface area contributed by atoms with Gasteiger partial charge in [-0.05, 0) is 37.1 Å². The van der Waals surface area contributed by atoms with Crippen LogP contribution in [0.1, 0.15) is 11.4 Å². The van der Waals surface area contributed by atoms with Crippen LogP contribution in [0.3, 0.4) is 0 Å². The Hall–Kier alpha value is -2.93. The van der Waals surface area contributed by atoms with E-state index in [1.807, 2.05) is 30.3 Å². The van der Waals surface area contributed by atoms with Gasteiger partial charge in [0.1, 0.15) is 0 Å². The van der Waals surface area contributed by atoms with E-state index in [-0.39, 0.29) is 10.9 Å². The van der Waals surface area contributed by atoms with Crippen LogP contribution in [-0.2, 0) is 10.0 Å². The average Bonchev–Trinajstić information content (AvgIpc) is 2.65. The number of benzene rings is 2. The van der Waals surface area contributed by atoms with Gasteiger partial charge < -0.3 is 4.74 Å². The Balaban J connectivity index is 1.90. The number of hydrogen-bond acceptors (Lipinski definition) is 5. The van der Waals surface area contributed by atoms with Crippen LogP contribution in [-0.4, -0.2) is 25.5 Å². The predicted molar refractivity (Wildman–Crippen MR) is 101 cm³/mol. The second-order valence-corrected chi connectivity index (χ2v) is 7.43. The summed E-state index contributed by atoms with van der Waals surface area (Å²) in [6.45, 7) is 3.40. The zero-order chi connectivity index (χ0) is 18.7. The Bertz CT molecular complexity index is 995. The van der Waals surface area contributed by atoms with Crippen molar-refractivity contribution in [2.75, 3.05) is 11.8 Å².